The summed E-state index contributed by atoms with van der Waals surface area (Å²) in [6, 6.07) is 17.4. The third-order valence-electron chi connectivity index (χ3n) is 3.54. The van der Waals surface area contributed by atoms with Gasteiger partial charge in [-0.25, -0.2) is 0 Å². The maximum atomic E-state index is 12.8. The molecule has 2 aromatic rings. The molecule has 2 aromatic carbocycles. The molecule has 0 fully saturated rings. The van der Waals surface area contributed by atoms with Crippen LogP contribution in [0.3, 0.4) is 0 Å². The first-order valence-corrected chi connectivity index (χ1v) is 6.75. The first-order chi connectivity index (χ1) is 10.7. The standard InChI is InChI=1S/C18H11N3O/c19-11-13-5-7-15(8-6-13)18(22)21-16(12-20)10-9-14-3-1-2-4-17(14)21/h1-10,16H. The predicted molar refractivity (Wildman–Crippen MR) is 82.8 cm³/mol. The van der Waals surface area contributed by atoms with E-state index in [2.05, 4.69) is 6.07 Å². The van der Waals surface area contributed by atoms with Gasteiger partial charge >= 0.3 is 0 Å². The summed E-state index contributed by atoms with van der Waals surface area (Å²) in [5.74, 6) is -0.257. The molecule has 1 unspecified atom stereocenters. The molecule has 1 heterocycles. The number of carbonyl (C=O) groups excluding carboxylic acids is 1. The lowest BCUT2D eigenvalue weighted by atomic mass is 10.0. The Morgan fingerprint density at radius 1 is 1.05 bits per heavy atom. The smallest absolute Gasteiger partial charge is 0.259 e. The van der Waals surface area contributed by atoms with Gasteiger partial charge in [-0.2, -0.15) is 10.5 Å². The molecule has 4 nitrogen and oxygen atoms in total. The van der Waals surface area contributed by atoms with Gasteiger partial charge in [-0.05, 0) is 42.0 Å². The molecule has 0 radical (unpaired) electrons. The molecule has 0 spiro atoms. The second-order valence-electron chi connectivity index (χ2n) is 4.86. The molecular weight excluding hydrogens is 274 g/mol. The van der Waals surface area contributed by atoms with Gasteiger partial charge in [0.15, 0.2) is 0 Å². The molecule has 4 heteroatoms. The van der Waals surface area contributed by atoms with Gasteiger partial charge in [-0.3, -0.25) is 9.69 Å². The monoisotopic (exact) mass is 285 g/mol. The van der Waals surface area contributed by atoms with Crippen LogP contribution in [0, 0.1) is 22.7 Å². The molecule has 1 atom stereocenters. The van der Waals surface area contributed by atoms with E-state index in [1.807, 2.05) is 36.4 Å². The van der Waals surface area contributed by atoms with E-state index >= 15 is 0 Å². The van der Waals surface area contributed by atoms with Crippen molar-refractivity contribution in [2.75, 3.05) is 4.90 Å². The van der Waals surface area contributed by atoms with Crippen LogP contribution in [0.15, 0.2) is 54.6 Å². The molecule has 0 aromatic heterocycles. The Hall–Kier alpha value is -3.37. The van der Waals surface area contributed by atoms with Crippen LogP contribution in [0.4, 0.5) is 5.69 Å². The summed E-state index contributed by atoms with van der Waals surface area (Å²) in [5, 5.41) is 18.2. The van der Waals surface area contributed by atoms with Gasteiger partial charge < -0.3 is 0 Å². The molecule has 104 valence electrons. The zero-order valence-corrected chi connectivity index (χ0v) is 11.6. The van der Waals surface area contributed by atoms with Crippen molar-refractivity contribution in [2.45, 2.75) is 6.04 Å². The van der Waals surface area contributed by atoms with Gasteiger partial charge in [0.1, 0.15) is 6.04 Å². The van der Waals surface area contributed by atoms with Crippen LogP contribution in [-0.4, -0.2) is 11.9 Å². The quantitative estimate of drug-likeness (QED) is 0.808. The Bertz CT molecular complexity index is 838. The molecule has 1 aliphatic heterocycles. The summed E-state index contributed by atoms with van der Waals surface area (Å²) in [6.07, 6.45) is 3.57. The van der Waals surface area contributed by atoms with E-state index in [-0.39, 0.29) is 5.91 Å². The van der Waals surface area contributed by atoms with Gasteiger partial charge in [0.2, 0.25) is 0 Å². The lowest BCUT2D eigenvalue weighted by molar-refractivity contribution is 0.0985. The van der Waals surface area contributed by atoms with E-state index < -0.39 is 6.04 Å². The number of nitrogens with zero attached hydrogens (tertiary/aromatic N) is 3. The van der Waals surface area contributed by atoms with E-state index in [1.54, 1.807) is 30.3 Å². The predicted octanol–water partition coefficient (Wildman–Crippen LogP) is 3.12. The Balaban J connectivity index is 2.04. The lowest BCUT2D eigenvalue weighted by Gasteiger charge is -2.30. The highest BCUT2D eigenvalue weighted by Crippen LogP contribution is 2.30. The SMILES string of the molecule is N#Cc1ccc(C(=O)N2c3ccccc3C=CC2C#N)cc1. The highest BCUT2D eigenvalue weighted by atomic mass is 16.2. The van der Waals surface area contributed by atoms with E-state index in [4.69, 9.17) is 5.26 Å². The number of carbonyl (C=O) groups is 1. The topological polar surface area (TPSA) is 67.9 Å². The van der Waals surface area contributed by atoms with Crippen LogP contribution in [0.25, 0.3) is 6.08 Å². The second kappa shape index (κ2) is 5.55. The van der Waals surface area contributed by atoms with Crippen molar-refractivity contribution in [3.8, 4) is 12.1 Å². The number of para-hydroxylation sites is 1. The second-order valence-corrected chi connectivity index (χ2v) is 4.86. The lowest BCUT2D eigenvalue weighted by Crippen LogP contribution is -2.40. The Morgan fingerprint density at radius 3 is 2.45 bits per heavy atom. The molecule has 0 saturated heterocycles. The van der Waals surface area contributed by atoms with Crippen molar-refractivity contribution < 1.29 is 4.79 Å². The number of nitriles is 2. The first-order valence-electron chi connectivity index (χ1n) is 6.75. The average molecular weight is 285 g/mol. The molecule has 22 heavy (non-hydrogen) atoms. The Labute approximate surface area is 128 Å². The minimum absolute atomic E-state index is 0.257. The fourth-order valence-corrected chi connectivity index (χ4v) is 2.44. The van der Waals surface area contributed by atoms with Gasteiger partial charge in [-0.15, -0.1) is 0 Å². The van der Waals surface area contributed by atoms with Gasteiger partial charge in [0, 0.05) is 5.56 Å². The van der Waals surface area contributed by atoms with E-state index in [1.165, 1.54) is 4.90 Å². The highest BCUT2D eigenvalue weighted by Gasteiger charge is 2.28. The molecule has 0 N–H and O–H groups in total. The number of fused-ring (bicyclic) bond motifs is 1. The third-order valence-corrected chi connectivity index (χ3v) is 3.54. The van der Waals surface area contributed by atoms with Crippen molar-refractivity contribution in [1.82, 2.24) is 0 Å². The molecule has 3 rings (SSSR count). The van der Waals surface area contributed by atoms with Crippen molar-refractivity contribution >= 4 is 17.7 Å². The van der Waals surface area contributed by atoms with Crippen LogP contribution < -0.4 is 4.90 Å². The van der Waals surface area contributed by atoms with Crippen molar-refractivity contribution in [1.29, 1.82) is 10.5 Å². The summed E-state index contributed by atoms with van der Waals surface area (Å²) in [5.41, 5.74) is 2.55. The minimum Gasteiger partial charge on any atom is -0.288 e. The van der Waals surface area contributed by atoms with Crippen molar-refractivity contribution in [2.24, 2.45) is 0 Å². The fourth-order valence-electron chi connectivity index (χ4n) is 2.44. The number of hydrogen-bond acceptors (Lipinski definition) is 3. The number of rotatable bonds is 1. The average Bonchev–Trinajstić information content (AvgIpc) is 2.60. The van der Waals surface area contributed by atoms with E-state index in [0.717, 1.165) is 5.56 Å². The van der Waals surface area contributed by atoms with Crippen molar-refractivity contribution in [3.05, 3.63) is 71.3 Å². The van der Waals surface area contributed by atoms with E-state index in [9.17, 15) is 10.1 Å². The third kappa shape index (κ3) is 2.24. The summed E-state index contributed by atoms with van der Waals surface area (Å²) in [7, 11) is 0. The summed E-state index contributed by atoms with van der Waals surface area (Å²) >= 11 is 0. The maximum absolute atomic E-state index is 12.8. The molecule has 0 aliphatic carbocycles. The molecule has 0 saturated carbocycles. The Morgan fingerprint density at radius 2 is 1.77 bits per heavy atom. The van der Waals surface area contributed by atoms with Crippen LogP contribution in [0.5, 0.6) is 0 Å². The normalized spacial score (nSPS) is 15.5. The molecular formula is C18H11N3O. The van der Waals surface area contributed by atoms with Crippen LogP contribution in [0.2, 0.25) is 0 Å². The van der Waals surface area contributed by atoms with Gasteiger partial charge in [0.05, 0.1) is 23.4 Å². The maximum Gasteiger partial charge on any atom is 0.259 e. The number of hydrogen-bond donors (Lipinski definition) is 0. The largest absolute Gasteiger partial charge is 0.288 e. The number of anilines is 1. The highest BCUT2D eigenvalue weighted by molar-refractivity contribution is 6.09. The van der Waals surface area contributed by atoms with Gasteiger partial charge in [-0.1, -0.05) is 24.3 Å². The molecule has 0 bridgehead atoms. The Kier molecular flexibility index (Phi) is 3.43. The fraction of sp³-hybridized carbons (Fsp3) is 0.0556. The number of amides is 1. The zero-order chi connectivity index (χ0) is 15.5. The summed E-state index contributed by atoms with van der Waals surface area (Å²) in [4.78, 5) is 14.3. The summed E-state index contributed by atoms with van der Waals surface area (Å²) < 4.78 is 0. The number of benzene rings is 2. The molecule has 1 amide bonds. The summed E-state index contributed by atoms with van der Waals surface area (Å²) in [6.45, 7) is 0. The van der Waals surface area contributed by atoms with E-state index in [0.29, 0.717) is 16.8 Å². The van der Waals surface area contributed by atoms with Crippen LogP contribution in [-0.2, 0) is 0 Å². The van der Waals surface area contributed by atoms with Crippen LogP contribution >= 0.6 is 0 Å². The van der Waals surface area contributed by atoms with Crippen molar-refractivity contribution in [3.63, 3.8) is 0 Å². The van der Waals surface area contributed by atoms with Crippen LogP contribution in [0.1, 0.15) is 21.5 Å². The minimum atomic E-state index is -0.641. The molecule has 1 aliphatic rings. The first kappa shape index (κ1) is 13.6. The zero-order valence-electron chi connectivity index (χ0n) is 11.6. The van der Waals surface area contributed by atoms with Gasteiger partial charge in [0.25, 0.3) is 5.91 Å².